The molecule has 2 aliphatic heterocycles. The Bertz CT molecular complexity index is 1270. The van der Waals surface area contributed by atoms with Gasteiger partial charge in [-0.15, -0.1) is 6.58 Å². The summed E-state index contributed by atoms with van der Waals surface area (Å²) < 4.78 is 17.8. The molecule has 0 bridgehead atoms. The van der Waals surface area contributed by atoms with Crippen LogP contribution in [0.5, 0.6) is 5.75 Å². The van der Waals surface area contributed by atoms with Gasteiger partial charge in [0.25, 0.3) is 0 Å². The van der Waals surface area contributed by atoms with Crippen LogP contribution in [0.2, 0.25) is 5.02 Å². The van der Waals surface area contributed by atoms with Crippen LogP contribution in [0.25, 0.3) is 0 Å². The number of halogens is 1. The van der Waals surface area contributed by atoms with Crippen LogP contribution < -0.4 is 9.64 Å². The summed E-state index contributed by atoms with van der Waals surface area (Å²) >= 11 is 6.39. The second-order valence-electron chi connectivity index (χ2n) is 12.0. The van der Waals surface area contributed by atoms with E-state index in [9.17, 15) is 9.90 Å². The fraction of sp³-hybridized carbons (Fsp3) is 0.531. The van der Waals surface area contributed by atoms with Crippen molar-refractivity contribution < 1.29 is 24.1 Å². The minimum Gasteiger partial charge on any atom is -0.490 e. The number of hydrogen-bond donors (Lipinski definition) is 1. The summed E-state index contributed by atoms with van der Waals surface area (Å²) in [7, 11) is 1.41. The van der Waals surface area contributed by atoms with Crippen molar-refractivity contribution in [2.75, 3.05) is 38.3 Å². The van der Waals surface area contributed by atoms with E-state index >= 15 is 0 Å². The van der Waals surface area contributed by atoms with E-state index in [0.29, 0.717) is 43.5 Å². The fourth-order valence-electron chi connectivity index (χ4n) is 7.31. The Morgan fingerprint density at radius 1 is 1.26 bits per heavy atom. The Balaban J connectivity index is 1.34. The van der Waals surface area contributed by atoms with E-state index in [1.807, 2.05) is 18.2 Å². The van der Waals surface area contributed by atoms with Crippen molar-refractivity contribution in [1.29, 1.82) is 0 Å². The van der Waals surface area contributed by atoms with E-state index in [4.69, 9.17) is 25.8 Å². The summed E-state index contributed by atoms with van der Waals surface area (Å²) in [6, 6.07) is 11.9. The lowest BCUT2D eigenvalue weighted by molar-refractivity contribution is -0.125. The molecule has 7 heteroatoms. The van der Waals surface area contributed by atoms with Crippen LogP contribution in [0.1, 0.15) is 60.0 Å². The number of esters is 1. The zero-order valence-corrected chi connectivity index (χ0v) is 23.4. The Morgan fingerprint density at radius 3 is 2.90 bits per heavy atom. The summed E-state index contributed by atoms with van der Waals surface area (Å²) in [4.78, 5) is 14.9. The topological polar surface area (TPSA) is 68.2 Å². The molecule has 1 saturated heterocycles. The van der Waals surface area contributed by atoms with Crippen molar-refractivity contribution in [2.24, 2.45) is 11.8 Å². The number of benzene rings is 2. The molecule has 2 aromatic carbocycles. The van der Waals surface area contributed by atoms with E-state index < -0.39 is 5.60 Å². The molecular formula is C32H38ClNO5. The Morgan fingerprint density at radius 2 is 2.13 bits per heavy atom. The van der Waals surface area contributed by atoms with Crippen LogP contribution in [0.4, 0.5) is 5.69 Å². The van der Waals surface area contributed by atoms with Crippen LogP contribution in [0, 0.1) is 11.8 Å². The number of methoxy groups -OCH3 is 1. The van der Waals surface area contributed by atoms with Crippen molar-refractivity contribution in [3.05, 3.63) is 70.8 Å². The normalized spacial score (nSPS) is 31.8. The standard InChI is InChI=1S/C32H38ClNO5/c1-3-32(36)13-14-38-29(17-32)25-9-6-23(25)18-34-19-31(12-4-5-21-15-24(33)8-10-26(21)31)20-39-28-11-7-22(16-27(28)34)30(35)37-2/h3,7-8,10-11,15-16,23,25,29,36H,1,4-6,9,12-14,17-20H2,2H3/t23-,25+,29+,31-,32?/m0/s1. The van der Waals surface area contributed by atoms with E-state index in [1.54, 1.807) is 12.1 Å². The van der Waals surface area contributed by atoms with E-state index in [0.717, 1.165) is 61.7 Å². The first kappa shape index (κ1) is 26.7. The van der Waals surface area contributed by atoms with Crippen LogP contribution in [-0.2, 0) is 21.3 Å². The minimum atomic E-state index is -0.849. The first-order chi connectivity index (χ1) is 18.8. The third kappa shape index (κ3) is 4.96. The highest BCUT2D eigenvalue weighted by Crippen LogP contribution is 2.48. The van der Waals surface area contributed by atoms with Gasteiger partial charge in [0.2, 0.25) is 0 Å². The quantitative estimate of drug-likeness (QED) is 0.378. The van der Waals surface area contributed by atoms with Gasteiger partial charge in [-0.1, -0.05) is 23.7 Å². The average Bonchev–Trinajstić information content (AvgIpc) is 3.07. The van der Waals surface area contributed by atoms with Gasteiger partial charge in [-0.3, -0.25) is 0 Å². The molecule has 208 valence electrons. The van der Waals surface area contributed by atoms with Crippen LogP contribution in [0.3, 0.4) is 0 Å². The van der Waals surface area contributed by atoms with E-state index in [1.165, 1.54) is 18.2 Å². The molecule has 1 unspecified atom stereocenters. The summed E-state index contributed by atoms with van der Waals surface area (Å²) in [5.74, 6) is 1.24. The number of carbonyl (C=O) groups excluding carboxylic acids is 1. The van der Waals surface area contributed by atoms with Gasteiger partial charge in [0.15, 0.2) is 0 Å². The fourth-order valence-corrected chi connectivity index (χ4v) is 7.50. The highest BCUT2D eigenvalue weighted by molar-refractivity contribution is 6.30. The van der Waals surface area contributed by atoms with E-state index in [2.05, 4.69) is 23.6 Å². The van der Waals surface area contributed by atoms with Gasteiger partial charge in [-0.25, -0.2) is 4.79 Å². The maximum atomic E-state index is 12.5. The molecule has 2 aliphatic carbocycles. The molecule has 6 nitrogen and oxygen atoms in total. The lowest BCUT2D eigenvalue weighted by atomic mass is 9.67. The predicted octanol–water partition coefficient (Wildman–Crippen LogP) is 5.72. The van der Waals surface area contributed by atoms with Crippen LogP contribution in [0.15, 0.2) is 49.1 Å². The van der Waals surface area contributed by atoms with Gasteiger partial charge in [0, 0.05) is 36.4 Å². The number of carbonyl (C=O) groups is 1. The van der Waals surface area contributed by atoms with Crippen molar-refractivity contribution >= 4 is 23.3 Å². The molecule has 1 spiro atoms. The Labute approximate surface area is 235 Å². The molecular weight excluding hydrogens is 514 g/mol. The molecule has 1 N–H and O–H groups in total. The zero-order valence-electron chi connectivity index (χ0n) is 22.7. The van der Waals surface area contributed by atoms with Gasteiger partial charge >= 0.3 is 5.97 Å². The number of ether oxygens (including phenoxy) is 3. The van der Waals surface area contributed by atoms with Gasteiger partial charge < -0.3 is 24.2 Å². The second-order valence-corrected chi connectivity index (χ2v) is 12.4. The van der Waals surface area contributed by atoms with Crippen molar-refractivity contribution in [2.45, 2.75) is 62.1 Å². The number of aryl methyl sites for hydroxylation is 1. The zero-order chi connectivity index (χ0) is 27.2. The molecule has 0 amide bonds. The first-order valence-corrected chi connectivity index (χ1v) is 14.6. The highest BCUT2D eigenvalue weighted by atomic mass is 35.5. The molecule has 39 heavy (non-hydrogen) atoms. The summed E-state index contributed by atoms with van der Waals surface area (Å²) in [5.41, 5.74) is 3.06. The molecule has 0 aromatic heterocycles. The number of aliphatic hydroxyl groups is 1. The molecule has 6 rings (SSSR count). The van der Waals surface area contributed by atoms with Gasteiger partial charge in [0.05, 0.1) is 43.3 Å². The molecule has 2 fully saturated rings. The monoisotopic (exact) mass is 551 g/mol. The van der Waals surface area contributed by atoms with Gasteiger partial charge in [0.1, 0.15) is 5.75 Å². The first-order valence-electron chi connectivity index (χ1n) is 14.2. The number of hydrogen-bond acceptors (Lipinski definition) is 6. The summed E-state index contributed by atoms with van der Waals surface area (Å²) in [5, 5.41) is 11.7. The SMILES string of the molecule is C=CC1(O)CCO[C@@H]([C@@H]2CC[C@H]2CN2C[C@@]3(CCCc4cc(Cl)ccc43)COc3ccc(C(=O)OC)cc32)C1. The number of rotatable bonds is 5. The van der Waals surface area contributed by atoms with Crippen molar-refractivity contribution in [3.8, 4) is 5.75 Å². The molecule has 4 aliphatic rings. The van der Waals surface area contributed by atoms with Gasteiger partial charge in [-0.2, -0.15) is 0 Å². The Hall–Kier alpha value is -2.54. The summed E-state index contributed by atoms with van der Waals surface area (Å²) in [6.07, 6.45) is 8.24. The maximum Gasteiger partial charge on any atom is 0.337 e. The molecule has 0 radical (unpaired) electrons. The number of fused-ring (bicyclic) bond motifs is 3. The predicted molar refractivity (Wildman–Crippen MR) is 152 cm³/mol. The molecule has 1 saturated carbocycles. The van der Waals surface area contributed by atoms with Gasteiger partial charge in [-0.05, 0) is 85.4 Å². The maximum absolute atomic E-state index is 12.5. The largest absolute Gasteiger partial charge is 0.490 e. The molecule has 5 atom stereocenters. The highest BCUT2D eigenvalue weighted by Gasteiger charge is 2.46. The smallest absolute Gasteiger partial charge is 0.337 e. The molecule has 2 aromatic rings. The second kappa shape index (κ2) is 10.5. The number of anilines is 1. The van der Waals surface area contributed by atoms with Crippen molar-refractivity contribution in [1.82, 2.24) is 0 Å². The van der Waals surface area contributed by atoms with Crippen LogP contribution >= 0.6 is 11.6 Å². The molecule has 2 heterocycles. The van der Waals surface area contributed by atoms with Crippen molar-refractivity contribution in [3.63, 3.8) is 0 Å². The van der Waals surface area contributed by atoms with E-state index in [-0.39, 0.29) is 17.5 Å². The lowest BCUT2D eigenvalue weighted by Crippen LogP contribution is -2.52. The summed E-state index contributed by atoms with van der Waals surface area (Å²) in [6.45, 7) is 6.64. The third-order valence-corrected chi connectivity index (χ3v) is 9.90. The average molecular weight is 552 g/mol. The van der Waals surface area contributed by atoms with Crippen LogP contribution in [-0.4, -0.2) is 56.2 Å². The third-order valence-electron chi connectivity index (χ3n) is 9.67. The minimum absolute atomic E-state index is 0.0242. The Kier molecular flexibility index (Phi) is 7.15. The lowest BCUT2D eigenvalue weighted by Gasteiger charge is -2.48. The number of nitrogens with zero attached hydrogens (tertiary/aromatic N) is 1.